The highest BCUT2D eigenvalue weighted by Crippen LogP contribution is 2.51. The summed E-state index contributed by atoms with van der Waals surface area (Å²) in [5.41, 5.74) is 4.03. The van der Waals surface area contributed by atoms with Gasteiger partial charge in [0.2, 0.25) is 0 Å². The van der Waals surface area contributed by atoms with Crippen molar-refractivity contribution in [1.82, 2.24) is 0 Å². The third kappa shape index (κ3) is 2.35. The van der Waals surface area contributed by atoms with Crippen LogP contribution in [0.1, 0.15) is 30.9 Å². The van der Waals surface area contributed by atoms with Gasteiger partial charge in [-0.05, 0) is 48.4 Å². The number of hydrogen-bond donors (Lipinski definition) is 0. The van der Waals surface area contributed by atoms with E-state index in [1.807, 2.05) is 36.4 Å². The van der Waals surface area contributed by atoms with Crippen LogP contribution in [0.15, 0.2) is 69.7 Å². The zero-order chi connectivity index (χ0) is 17.0. The summed E-state index contributed by atoms with van der Waals surface area (Å²) in [7, 11) is 0. The van der Waals surface area contributed by atoms with Gasteiger partial charge in [0, 0.05) is 21.9 Å². The monoisotopic (exact) mass is 366 g/mol. The standard InChI is InChI=1S/C20H15ClN2OS/c21-13-9-10-15-17(11-13)25-20-22-14-7-4-8-16(24)18(14)19(23(15)20)12-5-2-1-3-6-12/h1-3,5-6,9-11,19H,4,7-8H2. The van der Waals surface area contributed by atoms with E-state index in [1.54, 1.807) is 11.8 Å². The SMILES string of the molecule is O=C1CCCC2=C1C(c1ccccc1)N1C(=N2)Sc2cc(Cl)ccc21. The van der Waals surface area contributed by atoms with Crippen molar-refractivity contribution in [3.05, 3.63) is 70.4 Å². The second-order valence-corrected chi connectivity index (χ2v) is 7.87. The first kappa shape index (κ1) is 15.2. The highest BCUT2D eigenvalue weighted by atomic mass is 35.5. The number of thioether (sulfide) groups is 1. The van der Waals surface area contributed by atoms with Crippen LogP contribution in [-0.4, -0.2) is 11.0 Å². The predicted molar refractivity (Wildman–Crippen MR) is 102 cm³/mol. The number of anilines is 1. The Kier molecular flexibility index (Phi) is 3.50. The van der Waals surface area contributed by atoms with Crippen LogP contribution in [0.4, 0.5) is 5.69 Å². The Balaban J connectivity index is 1.74. The van der Waals surface area contributed by atoms with Crippen molar-refractivity contribution in [3.8, 4) is 0 Å². The third-order valence-electron chi connectivity index (χ3n) is 4.89. The van der Waals surface area contributed by atoms with Crippen LogP contribution in [0.3, 0.4) is 0 Å². The van der Waals surface area contributed by atoms with E-state index in [0.29, 0.717) is 6.42 Å². The second-order valence-electron chi connectivity index (χ2n) is 6.43. The lowest BCUT2D eigenvalue weighted by Gasteiger charge is -2.37. The molecule has 2 heterocycles. The number of carbonyl (C=O) groups is 1. The normalized spacial score (nSPS) is 21.6. The highest BCUT2D eigenvalue weighted by molar-refractivity contribution is 8.14. The molecule has 1 aliphatic carbocycles. The Morgan fingerprint density at radius 3 is 2.80 bits per heavy atom. The molecule has 2 aliphatic heterocycles. The van der Waals surface area contributed by atoms with Crippen molar-refractivity contribution < 1.29 is 4.79 Å². The number of ketones is 1. The predicted octanol–water partition coefficient (Wildman–Crippen LogP) is 5.37. The van der Waals surface area contributed by atoms with Crippen molar-refractivity contribution in [2.45, 2.75) is 30.2 Å². The largest absolute Gasteiger partial charge is 0.308 e. The van der Waals surface area contributed by atoms with Crippen molar-refractivity contribution >= 4 is 40.0 Å². The fourth-order valence-corrected chi connectivity index (χ4v) is 5.16. The van der Waals surface area contributed by atoms with Crippen LogP contribution < -0.4 is 4.90 Å². The molecule has 5 rings (SSSR count). The minimum absolute atomic E-state index is 0.105. The molecular weight excluding hydrogens is 352 g/mol. The van der Waals surface area contributed by atoms with E-state index in [9.17, 15) is 4.79 Å². The summed E-state index contributed by atoms with van der Waals surface area (Å²) < 4.78 is 0. The van der Waals surface area contributed by atoms with E-state index >= 15 is 0 Å². The van der Waals surface area contributed by atoms with E-state index < -0.39 is 0 Å². The van der Waals surface area contributed by atoms with Gasteiger partial charge in [-0.2, -0.15) is 0 Å². The maximum absolute atomic E-state index is 12.8. The van der Waals surface area contributed by atoms with Gasteiger partial charge in [-0.15, -0.1) is 0 Å². The van der Waals surface area contributed by atoms with E-state index in [4.69, 9.17) is 16.6 Å². The Hall–Kier alpha value is -2.04. The number of carbonyl (C=O) groups excluding carboxylic acids is 1. The average molecular weight is 367 g/mol. The first-order valence-corrected chi connectivity index (χ1v) is 9.58. The van der Waals surface area contributed by atoms with E-state index in [1.165, 1.54) is 0 Å². The summed E-state index contributed by atoms with van der Waals surface area (Å²) in [6.45, 7) is 0. The topological polar surface area (TPSA) is 32.7 Å². The lowest BCUT2D eigenvalue weighted by Crippen LogP contribution is -2.38. The number of fused-ring (bicyclic) bond motifs is 3. The molecule has 0 spiro atoms. The number of Topliss-reactive ketones (excluding diaryl/α,β-unsaturated/α-hetero) is 1. The summed E-state index contributed by atoms with van der Waals surface area (Å²) in [4.78, 5) is 20.9. The van der Waals surface area contributed by atoms with Crippen molar-refractivity contribution in [2.75, 3.05) is 4.90 Å². The Labute approximate surface area is 155 Å². The van der Waals surface area contributed by atoms with Crippen LogP contribution >= 0.6 is 23.4 Å². The quantitative estimate of drug-likeness (QED) is 0.680. The summed E-state index contributed by atoms with van der Waals surface area (Å²) in [6.07, 6.45) is 2.38. The molecule has 0 aromatic heterocycles. The molecule has 25 heavy (non-hydrogen) atoms. The Bertz CT molecular complexity index is 951. The number of benzene rings is 2. The van der Waals surface area contributed by atoms with Crippen LogP contribution in [0, 0.1) is 0 Å². The molecule has 3 nitrogen and oxygen atoms in total. The molecule has 2 aromatic carbocycles. The first-order valence-electron chi connectivity index (χ1n) is 8.39. The molecule has 124 valence electrons. The van der Waals surface area contributed by atoms with E-state index in [0.717, 1.165) is 50.4 Å². The van der Waals surface area contributed by atoms with Gasteiger partial charge in [-0.25, -0.2) is 4.99 Å². The van der Waals surface area contributed by atoms with Crippen molar-refractivity contribution in [2.24, 2.45) is 4.99 Å². The van der Waals surface area contributed by atoms with Gasteiger partial charge in [-0.3, -0.25) is 4.79 Å². The van der Waals surface area contributed by atoms with Crippen LogP contribution in [0.5, 0.6) is 0 Å². The van der Waals surface area contributed by atoms with Gasteiger partial charge in [0.1, 0.15) is 0 Å². The van der Waals surface area contributed by atoms with Gasteiger partial charge in [0.05, 0.1) is 17.4 Å². The van der Waals surface area contributed by atoms with Gasteiger partial charge in [0.25, 0.3) is 0 Å². The molecule has 0 amide bonds. The number of halogens is 1. The average Bonchev–Trinajstić information content (AvgIpc) is 2.97. The van der Waals surface area contributed by atoms with Gasteiger partial charge >= 0.3 is 0 Å². The van der Waals surface area contributed by atoms with Crippen LogP contribution in [0.25, 0.3) is 0 Å². The Morgan fingerprint density at radius 1 is 1.12 bits per heavy atom. The lowest BCUT2D eigenvalue weighted by atomic mass is 9.85. The third-order valence-corrected chi connectivity index (χ3v) is 6.15. The zero-order valence-electron chi connectivity index (χ0n) is 13.4. The maximum Gasteiger partial charge on any atom is 0.174 e. The number of amidine groups is 1. The molecule has 3 aliphatic rings. The first-order chi connectivity index (χ1) is 12.2. The van der Waals surface area contributed by atoms with E-state index in [-0.39, 0.29) is 11.8 Å². The lowest BCUT2D eigenvalue weighted by molar-refractivity contribution is -0.116. The van der Waals surface area contributed by atoms with E-state index in [2.05, 4.69) is 17.0 Å². The highest BCUT2D eigenvalue weighted by Gasteiger charge is 2.42. The van der Waals surface area contributed by atoms with Gasteiger partial charge < -0.3 is 4.90 Å². The summed E-state index contributed by atoms with van der Waals surface area (Å²) in [5.74, 6) is 0.227. The molecule has 0 fully saturated rings. The van der Waals surface area contributed by atoms with Crippen LogP contribution in [0.2, 0.25) is 5.02 Å². The van der Waals surface area contributed by atoms with Crippen molar-refractivity contribution in [1.29, 1.82) is 0 Å². The van der Waals surface area contributed by atoms with Gasteiger partial charge in [0.15, 0.2) is 11.0 Å². The molecule has 0 radical (unpaired) electrons. The van der Waals surface area contributed by atoms with Crippen molar-refractivity contribution in [3.63, 3.8) is 0 Å². The molecule has 0 bridgehead atoms. The fourth-order valence-electron chi connectivity index (χ4n) is 3.81. The smallest absolute Gasteiger partial charge is 0.174 e. The minimum atomic E-state index is -0.105. The second kappa shape index (κ2) is 5.75. The molecule has 5 heteroatoms. The number of nitrogens with zero attached hydrogens (tertiary/aromatic N) is 2. The number of aliphatic imine (C=N–C) groups is 1. The molecular formula is C20H15ClN2OS. The summed E-state index contributed by atoms with van der Waals surface area (Å²) in [6, 6.07) is 16.1. The number of hydrogen-bond acceptors (Lipinski definition) is 4. The molecule has 0 N–H and O–H groups in total. The summed E-state index contributed by atoms with van der Waals surface area (Å²) in [5, 5.41) is 1.66. The molecule has 1 atom stereocenters. The molecule has 2 aromatic rings. The fraction of sp³-hybridized carbons (Fsp3) is 0.200. The molecule has 0 saturated carbocycles. The minimum Gasteiger partial charge on any atom is -0.308 e. The Morgan fingerprint density at radius 2 is 1.96 bits per heavy atom. The van der Waals surface area contributed by atoms with Gasteiger partial charge in [-0.1, -0.05) is 41.9 Å². The molecule has 1 unspecified atom stereocenters. The summed E-state index contributed by atoms with van der Waals surface area (Å²) >= 11 is 7.82. The number of rotatable bonds is 1. The maximum atomic E-state index is 12.8. The zero-order valence-corrected chi connectivity index (χ0v) is 15.0. The van der Waals surface area contributed by atoms with Crippen LogP contribution in [-0.2, 0) is 4.79 Å². The molecule has 0 saturated heterocycles. The number of allylic oxidation sites excluding steroid dienone is 1.